The lowest BCUT2D eigenvalue weighted by molar-refractivity contribution is 0.226. The highest BCUT2D eigenvalue weighted by Gasteiger charge is 2.01. The van der Waals surface area contributed by atoms with E-state index in [2.05, 4.69) is 0 Å². The summed E-state index contributed by atoms with van der Waals surface area (Å²) in [5, 5.41) is 8.77. The van der Waals surface area contributed by atoms with Crippen LogP contribution in [0.25, 0.3) is 0 Å². The van der Waals surface area contributed by atoms with Gasteiger partial charge >= 0.3 is 0 Å². The van der Waals surface area contributed by atoms with E-state index in [-0.39, 0.29) is 12.6 Å². The van der Waals surface area contributed by atoms with Gasteiger partial charge in [-0.1, -0.05) is 0 Å². The molecule has 0 spiro atoms. The average Bonchev–Trinajstić information content (AvgIpc) is 1.88. The number of hydrogen-bond acceptors (Lipinski definition) is 4. The maximum absolute atomic E-state index is 8.36. The summed E-state index contributed by atoms with van der Waals surface area (Å²) in [6.45, 7) is 2.35. The van der Waals surface area contributed by atoms with Crippen LogP contribution in [-0.4, -0.2) is 29.4 Å². The zero-order valence-corrected chi connectivity index (χ0v) is 6.86. The number of hydrogen-bond donors (Lipinski definition) is 2. The molecule has 0 saturated heterocycles. The lowest BCUT2D eigenvalue weighted by Crippen LogP contribution is -2.27. The van der Waals surface area contributed by atoms with E-state index < -0.39 is 0 Å². The van der Waals surface area contributed by atoms with Crippen LogP contribution in [0, 0.1) is 0 Å². The summed E-state index contributed by atoms with van der Waals surface area (Å²) in [5.74, 6) is 0. The van der Waals surface area contributed by atoms with Gasteiger partial charge in [0.1, 0.15) is 0 Å². The maximum atomic E-state index is 8.36. The summed E-state index contributed by atoms with van der Waals surface area (Å²) in [6, 6.07) is -0.200. The number of thiocarbonyl (C=S) groups is 1. The van der Waals surface area contributed by atoms with E-state index in [1.54, 1.807) is 6.92 Å². The van der Waals surface area contributed by atoms with Gasteiger partial charge in [0, 0.05) is 13.0 Å². The first-order valence-corrected chi connectivity index (χ1v) is 3.62. The maximum Gasteiger partial charge on any atom is 0.176 e. The summed E-state index contributed by atoms with van der Waals surface area (Å²) in [5.41, 5.74) is 5.39. The standard InChI is InChI=1S/C6H13NO2S/c1-5(7)6(10)9-4-2-3-8/h5,8H,2-4,7H2,1H3/t5-/m0/s1. The van der Waals surface area contributed by atoms with Gasteiger partial charge in [0.2, 0.25) is 0 Å². The molecule has 0 fully saturated rings. The van der Waals surface area contributed by atoms with Crippen molar-refractivity contribution in [1.29, 1.82) is 0 Å². The van der Waals surface area contributed by atoms with Crippen LogP contribution < -0.4 is 5.73 Å². The Morgan fingerprint density at radius 2 is 2.40 bits per heavy atom. The van der Waals surface area contributed by atoms with E-state index in [4.69, 9.17) is 27.8 Å². The molecule has 0 rings (SSSR count). The molecular weight excluding hydrogens is 150 g/mol. The van der Waals surface area contributed by atoms with Gasteiger partial charge in [0.15, 0.2) is 5.05 Å². The van der Waals surface area contributed by atoms with Crippen LogP contribution in [0.3, 0.4) is 0 Å². The molecule has 0 unspecified atom stereocenters. The Kier molecular flexibility index (Phi) is 5.48. The normalized spacial score (nSPS) is 12.7. The number of ether oxygens (including phenoxy) is 1. The molecule has 0 heterocycles. The van der Waals surface area contributed by atoms with Gasteiger partial charge in [0.05, 0.1) is 12.6 Å². The van der Waals surface area contributed by atoms with E-state index in [1.165, 1.54) is 0 Å². The molecule has 0 bridgehead atoms. The van der Waals surface area contributed by atoms with Gasteiger partial charge < -0.3 is 15.6 Å². The summed E-state index contributed by atoms with van der Waals surface area (Å²) in [6.07, 6.45) is 0.604. The van der Waals surface area contributed by atoms with Crippen molar-refractivity contribution in [2.45, 2.75) is 19.4 Å². The summed E-state index contributed by atoms with van der Waals surface area (Å²) < 4.78 is 4.99. The predicted molar refractivity (Wildman–Crippen MR) is 43.9 cm³/mol. The second kappa shape index (κ2) is 5.58. The van der Waals surface area contributed by atoms with E-state index in [1.807, 2.05) is 0 Å². The van der Waals surface area contributed by atoms with E-state index in [9.17, 15) is 0 Å². The fourth-order valence-corrected chi connectivity index (χ4v) is 0.452. The predicted octanol–water partition coefficient (Wildman–Crippen LogP) is 0.0600. The first-order chi connectivity index (χ1) is 4.68. The molecule has 1 atom stereocenters. The largest absolute Gasteiger partial charge is 0.485 e. The van der Waals surface area contributed by atoms with Crippen LogP contribution in [0.15, 0.2) is 0 Å². The van der Waals surface area contributed by atoms with Gasteiger partial charge in [-0.15, -0.1) is 0 Å². The Bertz CT molecular complexity index is 106. The number of aliphatic hydroxyl groups excluding tert-OH is 1. The Labute approximate surface area is 66.2 Å². The molecule has 0 radical (unpaired) electrons. The van der Waals surface area contributed by atoms with Gasteiger partial charge in [0.25, 0.3) is 0 Å². The molecule has 0 aliphatic heterocycles. The van der Waals surface area contributed by atoms with Crippen LogP contribution in [0.5, 0.6) is 0 Å². The van der Waals surface area contributed by atoms with Crippen molar-refractivity contribution in [3.63, 3.8) is 0 Å². The van der Waals surface area contributed by atoms with Crippen LogP contribution in [0.2, 0.25) is 0 Å². The SMILES string of the molecule is C[C@H](N)C(=S)OCCCO. The van der Waals surface area contributed by atoms with Crippen molar-refractivity contribution in [2.24, 2.45) is 5.73 Å². The number of nitrogens with two attached hydrogens (primary N) is 1. The minimum absolute atomic E-state index is 0.127. The fourth-order valence-electron chi connectivity index (χ4n) is 0.369. The molecule has 3 nitrogen and oxygen atoms in total. The monoisotopic (exact) mass is 163 g/mol. The lowest BCUT2D eigenvalue weighted by Gasteiger charge is -2.08. The quantitative estimate of drug-likeness (QED) is 0.454. The third-order valence-corrected chi connectivity index (χ3v) is 1.41. The number of rotatable bonds is 4. The molecular formula is C6H13NO2S. The van der Waals surface area contributed by atoms with Crippen molar-refractivity contribution in [3.8, 4) is 0 Å². The highest BCUT2D eigenvalue weighted by atomic mass is 32.1. The zero-order valence-electron chi connectivity index (χ0n) is 6.04. The summed E-state index contributed by atoms with van der Waals surface area (Å²) in [4.78, 5) is 0. The Hall–Kier alpha value is -0.190. The third kappa shape index (κ3) is 4.67. The van der Waals surface area contributed by atoms with Crippen LogP contribution >= 0.6 is 12.2 Å². The summed E-state index contributed by atoms with van der Waals surface area (Å²) in [7, 11) is 0. The molecule has 3 N–H and O–H groups in total. The molecule has 60 valence electrons. The first kappa shape index (κ1) is 9.81. The number of aliphatic hydroxyl groups is 1. The minimum atomic E-state index is -0.200. The Morgan fingerprint density at radius 1 is 1.80 bits per heavy atom. The molecule has 0 aromatic heterocycles. The average molecular weight is 163 g/mol. The van der Waals surface area contributed by atoms with Crippen molar-refractivity contribution in [2.75, 3.05) is 13.2 Å². The zero-order chi connectivity index (χ0) is 7.98. The van der Waals surface area contributed by atoms with Gasteiger partial charge in [-0.25, -0.2) is 0 Å². The van der Waals surface area contributed by atoms with Gasteiger partial charge in [-0.05, 0) is 19.1 Å². The Balaban J connectivity index is 3.22. The molecule has 0 aromatic rings. The topological polar surface area (TPSA) is 55.5 Å². The minimum Gasteiger partial charge on any atom is -0.485 e. The molecule has 0 saturated carbocycles. The van der Waals surface area contributed by atoms with E-state index in [0.717, 1.165) is 0 Å². The van der Waals surface area contributed by atoms with Crippen molar-refractivity contribution < 1.29 is 9.84 Å². The lowest BCUT2D eigenvalue weighted by atomic mass is 10.4. The smallest absolute Gasteiger partial charge is 0.176 e. The van der Waals surface area contributed by atoms with Crippen LogP contribution in [-0.2, 0) is 4.74 Å². The second-order valence-electron chi connectivity index (χ2n) is 2.03. The summed E-state index contributed by atoms with van der Waals surface area (Å²) >= 11 is 4.76. The molecule has 0 aliphatic rings. The Morgan fingerprint density at radius 3 is 2.80 bits per heavy atom. The molecule has 10 heavy (non-hydrogen) atoms. The molecule has 0 amide bonds. The van der Waals surface area contributed by atoms with Gasteiger partial charge in [-0.2, -0.15) is 0 Å². The molecule has 0 aromatic carbocycles. The fraction of sp³-hybridized carbons (Fsp3) is 0.833. The van der Waals surface area contributed by atoms with Gasteiger partial charge in [-0.3, -0.25) is 0 Å². The first-order valence-electron chi connectivity index (χ1n) is 3.21. The molecule has 4 heteroatoms. The third-order valence-electron chi connectivity index (χ3n) is 0.919. The highest BCUT2D eigenvalue weighted by molar-refractivity contribution is 7.80. The van der Waals surface area contributed by atoms with E-state index in [0.29, 0.717) is 18.1 Å². The van der Waals surface area contributed by atoms with Crippen LogP contribution in [0.4, 0.5) is 0 Å². The van der Waals surface area contributed by atoms with Crippen molar-refractivity contribution in [1.82, 2.24) is 0 Å². The molecule has 0 aliphatic carbocycles. The van der Waals surface area contributed by atoms with Crippen LogP contribution in [0.1, 0.15) is 13.3 Å². The van der Waals surface area contributed by atoms with E-state index >= 15 is 0 Å². The van der Waals surface area contributed by atoms with Crippen molar-refractivity contribution >= 4 is 17.3 Å². The highest BCUT2D eigenvalue weighted by Crippen LogP contribution is 1.89. The second-order valence-corrected chi connectivity index (χ2v) is 2.44. The van der Waals surface area contributed by atoms with Crippen molar-refractivity contribution in [3.05, 3.63) is 0 Å².